The number of nitrogens with zero attached hydrogens (tertiary/aromatic N) is 3. The van der Waals surface area contributed by atoms with Gasteiger partial charge in [0, 0.05) is 25.9 Å². The van der Waals surface area contributed by atoms with E-state index in [0.717, 1.165) is 37.2 Å². The Morgan fingerprint density at radius 3 is 2.80 bits per heavy atom. The molecule has 2 heterocycles. The fourth-order valence-corrected chi connectivity index (χ4v) is 2.43. The molecule has 2 aromatic heterocycles. The van der Waals surface area contributed by atoms with Crippen molar-refractivity contribution < 1.29 is 0 Å². The zero-order valence-corrected chi connectivity index (χ0v) is 12.6. The second-order valence-corrected chi connectivity index (χ2v) is 5.09. The topological polar surface area (TPSA) is 42.7 Å². The molecule has 108 valence electrons. The van der Waals surface area contributed by atoms with Gasteiger partial charge in [0.25, 0.3) is 0 Å². The summed E-state index contributed by atoms with van der Waals surface area (Å²) in [6.07, 6.45) is 6.88. The number of hydrogen-bond acceptors (Lipinski definition) is 3. The Labute approximate surface area is 121 Å². The second kappa shape index (κ2) is 7.20. The Kier molecular flexibility index (Phi) is 5.30. The summed E-state index contributed by atoms with van der Waals surface area (Å²) in [4.78, 5) is 4.61. The van der Waals surface area contributed by atoms with Crippen LogP contribution in [0.5, 0.6) is 0 Å². The lowest BCUT2D eigenvalue weighted by Gasteiger charge is -2.19. The van der Waals surface area contributed by atoms with E-state index in [-0.39, 0.29) is 6.04 Å². The molecule has 4 heteroatoms. The van der Waals surface area contributed by atoms with Gasteiger partial charge in [0.2, 0.25) is 0 Å². The molecular formula is C16H24N4. The summed E-state index contributed by atoms with van der Waals surface area (Å²) < 4.78 is 1.85. The van der Waals surface area contributed by atoms with Gasteiger partial charge < -0.3 is 5.32 Å². The highest BCUT2D eigenvalue weighted by Gasteiger charge is 2.17. The smallest absolute Gasteiger partial charge is 0.0644 e. The Hall–Kier alpha value is -1.68. The summed E-state index contributed by atoms with van der Waals surface area (Å²) in [5, 5.41) is 8.09. The summed E-state index contributed by atoms with van der Waals surface area (Å²) in [5.41, 5.74) is 3.58. The minimum atomic E-state index is 0.237. The first-order chi connectivity index (χ1) is 9.74. The lowest BCUT2D eigenvalue weighted by Crippen LogP contribution is -2.26. The Balaban J connectivity index is 2.22. The van der Waals surface area contributed by atoms with Crippen molar-refractivity contribution in [2.24, 2.45) is 7.05 Å². The summed E-state index contributed by atoms with van der Waals surface area (Å²) >= 11 is 0. The molecule has 0 aliphatic carbocycles. The van der Waals surface area contributed by atoms with Crippen molar-refractivity contribution in [3.05, 3.63) is 47.5 Å². The molecular weight excluding hydrogens is 248 g/mol. The molecule has 0 spiro atoms. The predicted octanol–water partition coefficient (Wildman–Crippen LogP) is 2.66. The van der Waals surface area contributed by atoms with Crippen LogP contribution in [0.3, 0.4) is 0 Å². The van der Waals surface area contributed by atoms with Crippen molar-refractivity contribution in [1.82, 2.24) is 20.1 Å². The van der Waals surface area contributed by atoms with Crippen LogP contribution >= 0.6 is 0 Å². The zero-order valence-electron chi connectivity index (χ0n) is 12.6. The fourth-order valence-electron chi connectivity index (χ4n) is 2.43. The molecule has 20 heavy (non-hydrogen) atoms. The van der Waals surface area contributed by atoms with Crippen LogP contribution in [0.4, 0.5) is 0 Å². The quantitative estimate of drug-likeness (QED) is 0.842. The molecule has 0 aliphatic heterocycles. The molecule has 0 fully saturated rings. The van der Waals surface area contributed by atoms with Gasteiger partial charge in [-0.15, -0.1) is 0 Å². The Bertz CT molecular complexity index is 533. The third-order valence-corrected chi connectivity index (χ3v) is 3.46. The number of rotatable bonds is 7. The lowest BCUT2D eigenvalue weighted by molar-refractivity contribution is 0.506. The zero-order chi connectivity index (χ0) is 14.4. The van der Waals surface area contributed by atoms with Gasteiger partial charge in [-0.3, -0.25) is 9.67 Å². The van der Waals surface area contributed by atoms with Crippen molar-refractivity contribution in [2.75, 3.05) is 6.54 Å². The molecule has 2 aromatic rings. The number of pyridine rings is 1. The highest BCUT2D eigenvalue weighted by molar-refractivity contribution is 5.24. The van der Waals surface area contributed by atoms with Crippen LogP contribution in [0.2, 0.25) is 0 Å². The average molecular weight is 272 g/mol. The molecule has 1 atom stereocenters. The van der Waals surface area contributed by atoms with Crippen LogP contribution in [0.1, 0.15) is 43.3 Å². The van der Waals surface area contributed by atoms with Gasteiger partial charge in [-0.2, -0.15) is 5.10 Å². The first-order valence-corrected chi connectivity index (χ1v) is 7.40. The van der Waals surface area contributed by atoms with Gasteiger partial charge in [-0.25, -0.2) is 0 Å². The van der Waals surface area contributed by atoms with E-state index in [4.69, 9.17) is 0 Å². The summed E-state index contributed by atoms with van der Waals surface area (Å²) in [6, 6.07) is 6.50. The van der Waals surface area contributed by atoms with Crippen LogP contribution in [0.15, 0.2) is 30.6 Å². The van der Waals surface area contributed by atoms with Gasteiger partial charge in [-0.05, 0) is 37.1 Å². The van der Waals surface area contributed by atoms with E-state index >= 15 is 0 Å². The van der Waals surface area contributed by atoms with E-state index in [9.17, 15) is 0 Å². The third kappa shape index (κ3) is 3.67. The van der Waals surface area contributed by atoms with E-state index in [1.165, 1.54) is 5.56 Å². The van der Waals surface area contributed by atoms with Gasteiger partial charge in [0.05, 0.1) is 17.4 Å². The van der Waals surface area contributed by atoms with Crippen LogP contribution in [0, 0.1) is 0 Å². The van der Waals surface area contributed by atoms with E-state index in [2.05, 4.69) is 41.4 Å². The molecule has 0 radical (unpaired) electrons. The third-order valence-electron chi connectivity index (χ3n) is 3.46. The summed E-state index contributed by atoms with van der Waals surface area (Å²) in [5.74, 6) is 0. The number of hydrogen-bond donors (Lipinski definition) is 1. The van der Waals surface area contributed by atoms with E-state index in [1.807, 2.05) is 30.2 Å². The first kappa shape index (κ1) is 14.7. The molecule has 0 aromatic carbocycles. The SMILES string of the molecule is CCCNC(Cc1ccn(C)n1)c1ncccc1CC. The number of aromatic nitrogens is 3. The molecule has 0 saturated heterocycles. The number of aryl methyl sites for hydroxylation is 2. The Morgan fingerprint density at radius 2 is 2.15 bits per heavy atom. The molecule has 4 nitrogen and oxygen atoms in total. The van der Waals surface area contributed by atoms with Crippen molar-refractivity contribution in [2.45, 2.75) is 39.2 Å². The first-order valence-electron chi connectivity index (χ1n) is 7.40. The molecule has 0 saturated carbocycles. The predicted molar refractivity (Wildman–Crippen MR) is 81.6 cm³/mol. The van der Waals surface area contributed by atoms with Gasteiger partial charge >= 0.3 is 0 Å². The minimum Gasteiger partial charge on any atom is -0.308 e. The molecule has 1 unspecified atom stereocenters. The maximum Gasteiger partial charge on any atom is 0.0644 e. The average Bonchev–Trinajstić information content (AvgIpc) is 2.88. The largest absolute Gasteiger partial charge is 0.308 e. The highest BCUT2D eigenvalue weighted by atomic mass is 15.2. The summed E-state index contributed by atoms with van der Waals surface area (Å²) in [7, 11) is 1.95. The maximum absolute atomic E-state index is 4.61. The van der Waals surface area contributed by atoms with Crippen molar-refractivity contribution in [3.8, 4) is 0 Å². The molecule has 0 bridgehead atoms. The van der Waals surface area contributed by atoms with Gasteiger partial charge in [0.15, 0.2) is 0 Å². The normalized spacial score (nSPS) is 12.6. The highest BCUT2D eigenvalue weighted by Crippen LogP contribution is 2.20. The second-order valence-electron chi connectivity index (χ2n) is 5.09. The molecule has 0 amide bonds. The molecule has 0 aliphatic rings. The molecule has 1 N–H and O–H groups in total. The maximum atomic E-state index is 4.61. The minimum absolute atomic E-state index is 0.237. The number of nitrogens with one attached hydrogen (secondary N) is 1. The van der Waals surface area contributed by atoms with Crippen molar-refractivity contribution in [3.63, 3.8) is 0 Å². The standard InChI is InChI=1S/C16H24N4/c1-4-9-17-15(12-14-8-11-20(3)19-14)16-13(5-2)7-6-10-18-16/h6-8,10-11,15,17H,4-5,9,12H2,1-3H3. The molecule has 2 rings (SSSR count). The van der Waals surface area contributed by atoms with Crippen LogP contribution in [-0.2, 0) is 19.9 Å². The van der Waals surface area contributed by atoms with E-state index in [1.54, 1.807) is 0 Å². The van der Waals surface area contributed by atoms with Crippen LogP contribution < -0.4 is 5.32 Å². The summed E-state index contributed by atoms with van der Waals surface area (Å²) in [6.45, 7) is 5.36. The lowest BCUT2D eigenvalue weighted by atomic mass is 10.0. The fraction of sp³-hybridized carbons (Fsp3) is 0.500. The van der Waals surface area contributed by atoms with E-state index in [0.29, 0.717) is 0 Å². The van der Waals surface area contributed by atoms with Crippen LogP contribution in [-0.4, -0.2) is 21.3 Å². The van der Waals surface area contributed by atoms with E-state index < -0.39 is 0 Å². The van der Waals surface area contributed by atoms with Gasteiger partial charge in [0.1, 0.15) is 0 Å². The van der Waals surface area contributed by atoms with Crippen molar-refractivity contribution >= 4 is 0 Å². The van der Waals surface area contributed by atoms with Gasteiger partial charge in [-0.1, -0.05) is 19.9 Å². The Morgan fingerprint density at radius 1 is 1.30 bits per heavy atom. The van der Waals surface area contributed by atoms with Crippen molar-refractivity contribution in [1.29, 1.82) is 0 Å². The van der Waals surface area contributed by atoms with Crippen LogP contribution in [0.25, 0.3) is 0 Å². The monoisotopic (exact) mass is 272 g/mol.